The molecule has 0 unspecified atom stereocenters. The molecule has 0 radical (unpaired) electrons. The van der Waals surface area contributed by atoms with Gasteiger partial charge in [0, 0.05) is 27.4 Å². The Hall–Kier alpha value is -3.73. The standard InChI is InChI=1S/C30H22Cl2N4/c1-19-6-5-9-22(16-19)27-18-28(20-10-12-23(31)13-11-20)36(35-27)30-33-26-15-14-24(32)17-25(26)29(34-30)21-7-3-2-4-8-21/h2-17,28H,18H2,1H3/t28-/m0/s1. The minimum absolute atomic E-state index is 0.0637. The number of benzene rings is 4. The van der Waals surface area contributed by atoms with E-state index in [0.29, 0.717) is 16.0 Å². The number of halogens is 2. The number of hydrogen-bond donors (Lipinski definition) is 0. The van der Waals surface area contributed by atoms with Crippen LogP contribution in [0.25, 0.3) is 22.2 Å². The van der Waals surface area contributed by atoms with Crippen LogP contribution in [-0.4, -0.2) is 15.7 Å². The Bertz CT molecular complexity index is 1600. The first-order valence-electron chi connectivity index (χ1n) is 11.8. The third-order valence-electron chi connectivity index (χ3n) is 6.41. The van der Waals surface area contributed by atoms with E-state index in [-0.39, 0.29) is 6.04 Å². The van der Waals surface area contributed by atoms with Gasteiger partial charge in [-0.2, -0.15) is 5.10 Å². The second-order valence-corrected chi connectivity index (χ2v) is 9.80. The number of aromatic nitrogens is 2. The first kappa shape index (κ1) is 22.7. The summed E-state index contributed by atoms with van der Waals surface area (Å²) in [6, 6.07) is 32.1. The molecule has 176 valence electrons. The summed E-state index contributed by atoms with van der Waals surface area (Å²) < 4.78 is 0. The molecule has 6 rings (SSSR count). The molecule has 36 heavy (non-hydrogen) atoms. The Morgan fingerprint density at radius 2 is 1.50 bits per heavy atom. The van der Waals surface area contributed by atoms with Crippen LogP contribution in [0.5, 0.6) is 0 Å². The Kier molecular flexibility index (Phi) is 5.92. The van der Waals surface area contributed by atoms with Crippen LogP contribution in [0.3, 0.4) is 0 Å². The molecule has 0 N–H and O–H groups in total. The molecule has 5 aromatic rings. The third-order valence-corrected chi connectivity index (χ3v) is 6.90. The van der Waals surface area contributed by atoms with Crippen LogP contribution >= 0.6 is 23.2 Å². The number of aryl methyl sites for hydroxylation is 1. The average Bonchev–Trinajstić information content (AvgIpc) is 3.35. The average molecular weight is 509 g/mol. The number of fused-ring (bicyclic) bond motifs is 1. The van der Waals surface area contributed by atoms with Gasteiger partial charge in [0.15, 0.2) is 0 Å². The van der Waals surface area contributed by atoms with E-state index in [9.17, 15) is 0 Å². The van der Waals surface area contributed by atoms with Gasteiger partial charge in [-0.15, -0.1) is 0 Å². The molecule has 0 bridgehead atoms. The lowest BCUT2D eigenvalue weighted by atomic mass is 9.98. The van der Waals surface area contributed by atoms with Gasteiger partial charge in [0.2, 0.25) is 5.95 Å². The van der Waals surface area contributed by atoms with Crippen molar-refractivity contribution in [3.05, 3.63) is 124 Å². The summed E-state index contributed by atoms with van der Waals surface area (Å²) in [7, 11) is 0. The minimum Gasteiger partial charge on any atom is -0.223 e. The van der Waals surface area contributed by atoms with Gasteiger partial charge < -0.3 is 0 Å². The summed E-state index contributed by atoms with van der Waals surface area (Å²) in [5, 5.41) is 9.28. The van der Waals surface area contributed by atoms with Crippen LogP contribution in [0.2, 0.25) is 10.0 Å². The first-order chi connectivity index (χ1) is 17.5. The molecule has 0 saturated heterocycles. The van der Waals surface area contributed by atoms with Crippen LogP contribution < -0.4 is 5.01 Å². The van der Waals surface area contributed by atoms with Crippen LogP contribution in [-0.2, 0) is 0 Å². The molecule has 4 nitrogen and oxygen atoms in total. The fraction of sp³-hybridized carbons (Fsp3) is 0.100. The van der Waals surface area contributed by atoms with Crippen molar-refractivity contribution in [3.8, 4) is 11.3 Å². The van der Waals surface area contributed by atoms with Crippen molar-refractivity contribution in [2.24, 2.45) is 5.10 Å². The maximum Gasteiger partial charge on any atom is 0.247 e. The number of nitrogens with zero attached hydrogens (tertiary/aromatic N) is 4. The second kappa shape index (κ2) is 9.38. The summed E-state index contributed by atoms with van der Waals surface area (Å²) in [6.07, 6.45) is 0.730. The smallest absolute Gasteiger partial charge is 0.223 e. The van der Waals surface area contributed by atoms with E-state index < -0.39 is 0 Å². The van der Waals surface area contributed by atoms with Crippen molar-refractivity contribution in [1.29, 1.82) is 0 Å². The van der Waals surface area contributed by atoms with Gasteiger partial charge in [-0.1, -0.05) is 95.5 Å². The van der Waals surface area contributed by atoms with E-state index in [2.05, 4.69) is 43.3 Å². The molecule has 1 aliphatic rings. The summed E-state index contributed by atoms with van der Waals surface area (Å²) in [5.41, 5.74) is 7.05. The SMILES string of the molecule is Cc1cccc(C2=NN(c3nc(-c4ccccc4)c4cc(Cl)ccc4n3)[C@H](c3ccc(Cl)cc3)C2)c1. The summed E-state index contributed by atoms with van der Waals surface area (Å²) in [5.74, 6) is 0.547. The predicted molar refractivity (Wildman–Crippen MR) is 149 cm³/mol. The second-order valence-electron chi connectivity index (χ2n) is 8.93. The van der Waals surface area contributed by atoms with Gasteiger partial charge in [0.05, 0.1) is 23.0 Å². The largest absolute Gasteiger partial charge is 0.247 e. The van der Waals surface area contributed by atoms with Crippen LogP contribution in [0.4, 0.5) is 5.95 Å². The Labute approximate surface area is 219 Å². The highest BCUT2D eigenvalue weighted by molar-refractivity contribution is 6.31. The maximum atomic E-state index is 6.36. The van der Waals surface area contributed by atoms with E-state index in [1.54, 1.807) is 0 Å². The predicted octanol–water partition coefficient (Wildman–Crippen LogP) is 8.27. The molecule has 6 heteroatoms. The minimum atomic E-state index is -0.0637. The summed E-state index contributed by atoms with van der Waals surface area (Å²) >= 11 is 12.6. The Morgan fingerprint density at radius 3 is 2.28 bits per heavy atom. The van der Waals surface area contributed by atoms with Gasteiger partial charge in [-0.25, -0.2) is 15.0 Å². The van der Waals surface area contributed by atoms with E-state index in [1.165, 1.54) is 5.56 Å². The molecule has 1 aliphatic heterocycles. The van der Waals surface area contributed by atoms with Gasteiger partial charge in [-0.3, -0.25) is 0 Å². The zero-order chi connectivity index (χ0) is 24.6. The van der Waals surface area contributed by atoms with Crippen molar-refractivity contribution < 1.29 is 0 Å². The molecule has 2 heterocycles. The lowest BCUT2D eigenvalue weighted by Gasteiger charge is -2.23. The fourth-order valence-electron chi connectivity index (χ4n) is 4.65. The van der Waals surface area contributed by atoms with Crippen molar-refractivity contribution in [1.82, 2.24) is 9.97 Å². The normalized spacial score (nSPS) is 15.4. The molecular formula is C30H22Cl2N4. The van der Waals surface area contributed by atoms with Gasteiger partial charge >= 0.3 is 0 Å². The number of rotatable bonds is 4. The Morgan fingerprint density at radius 1 is 0.750 bits per heavy atom. The van der Waals surface area contributed by atoms with Crippen molar-refractivity contribution in [2.45, 2.75) is 19.4 Å². The van der Waals surface area contributed by atoms with Crippen molar-refractivity contribution in [2.75, 3.05) is 5.01 Å². The lowest BCUT2D eigenvalue weighted by Crippen LogP contribution is -2.21. The van der Waals surface area contributed by atoms with Crippen molar-refractivity contribution in [3.63, 3.8) is 0 Å². The van der Waals surface area contributed by atoms with Crippen LogP contribution in [0, 0.1) is 6.92 Å². The molecule has 1 atom stereocenters. The molecule has 1 aromatic heterocycles. The highest BCUT2D eigenvalue weighted by Crippen LogP contribution is 2.38. The third kappa shape index (κ3) is 4.34. The molecule has 0 fully saturated rings. The van der Waals surface area contributed by atoms with Gasteiger partial charge in [-0.05, 0) is 48.4 Å². The topological polar surface area (TPSA) is 41.4 Å². The summed E-state index contributed by atoms with van der Waals surface area (Å²) in [4.78, 5) is 10.0. The van der Waals surface area contributed by atoms with Crippen molar-refractivity contribution >= 4 is 45.8 Å². The maximum absolute atomic E-state index is 6.36. The van der Waals surface area contributed by atoms with Crippen LogP contribution in [0.15, 0.2) is 102 Å². The highest BCUT2D eigenvalue weighted by Gasteiger charge is 2.32. The Balaban J connectivity index is 1.54. The zero-order valence-corrected chi connectivity index (χ0v) is 21.1. The van der Waals surface area contributed by atoms with Gasteiger partial charge in [0.25, 0.3) is 0 Å². The summed E-state index contributed by atoms with van der Waals surface area (Å²) in [6.45, 7) is 2.09. The number of anilines is 1. The number of hydrazone groups is 1. The molecule has 0 saturated carbocycles. The quantitative estimate of drug-likeness (QED) is 0.245. The number of hydrogen-bond acceptors (Lipinski definition) is 4. The molecule has 0 amide bonds. The monoisotopic (exact) mass is 508 g/mol. The molecule has 0 aliphatic carbocycles. The molecule has 0 spiro atoms. The van der Waals surface area contributed by atoms with Gasteiger partial charge in [0.1, 0.15) is 0 Å². The molecule has 4 aromatic carbocycles. The highest BCUT2D eigenvalue weighted by atomic mass is 35.5. The van der Waals surface area contributed by atoms with Crippen LogP contribution in [0.1, 0.15) is 29.2 Å². The fourth-order valence-corrected chi connectivity index (χ4v) is 4.94. The van der Waals surface area contributed by atoms with E-state index >= 15 is 0 Å². The molecular weight excluding hydrogens is 487 g/mol. The van der Waals surface area contributed by atoms with E-state index in [1.807, 2.05) is 65.7 Å². The zero-order valence-electron chi connectivity index (χ0n) is 19.6. The lowest BCUT2D eigenvalue weighted by molar-refractivity contribution is 0.689. The van der Waals surface area contributed by atoms with E-state index in [0.717, 1.165) is 45.4 Å². The van der Waals surface area contributed by atoms with E-state index in [4.69, 9.17) is 38.3 Å². The first-order valence-corrected chi connectivity index (χ1v) is 12.5.